The largest absolute Gasteiger partial charge is 0.486 e. The lowest BCUT2D eigenvalue weighted by Gasteiger charge is -2.21. The lowest BCUT2D eigenvalue weighted by molar-refractivity contribution is -0.119. The molecule has 3 rings (SSSR count). The third-order valence-corrected chi connectivity index (χ3v) is 4.87. The van der Waals surface area contributed by atoms with Crippen molar-refractivity contribution in [3.8, 4) is 11.5 Å². The molecule has 4 nitrogen and oxygen atoms in total. The number of carbonyl (C=O) groups excluding carboxylic acids is 1. The third-order valence-electron chi connectivity index (χ3n) is 3.89. The molecule has 1 N–H and O–H groups in total. The minimum absolute atomic E-state index is 0.0799. The number of halogens is 1. The average molecular weight is 361 g/mol. The standard InChI is InChI=1S/C19H20FNO3S/c1-13(14-6-7-17-18(10-14)24-9-8-23-17)21-19(22)12-25-11-15-4-2-3-5-16(15)20/h2-7,10,13H,8-9,11-12H2,1H3,(H,21,22)/t13-/m1/s1. The maximum absolute atomic E-state index is 13.5. The summed E-state index contributed by atoms with van der Waals surface area (Å²) < 4.78 is 24.6. The van der Waals surface area contributed by atoms with Crippen molar-refractivity contribution in [1.29, 1.82) is 0 Å². The number of benzene rings is 2. The summed E-state index contributed by atoms with van der Waals surface area (Å²) in [4.78, 5) is 12.1. The van der Waals surface area contributed by atoms with Gasteiger partial charge >= 0.3 is 0 Å². The maximum atomic E-state index is 13.5. The van der Waals surface area contributed by atoms with Crippen LogP contribution in [0.4, 0.5) is 4.39 Å². The Morgan fingerprint density at radius 2 is 1.96 bits per heavy atom. The molecule has 1 atom stereocenters. The van der Waals surface area contributed by atoms with Crippen LogP contribution in [0, 0.1) is 5.82 Å². The average Bonchev–Trinajstić information content (AvgIpc) is 2.63. The smallest absolute Gasteiger partial charge is 0.230 e. The molecule has 0 bridgehead atoms. The first kappa shape index (κ1) is 17.6. The van der Waals surface area contributed by atoms with Crippen LogP contribution in [0.15, 0.2) is 42.5 Å². The number of amides is 1. The molecule has 1 aliphatic rings. The number of carbonyl (C=O) groups is 1. The Bertz CT molecular complexity index is 753. The third kappa shape index (κ3) is 4.66. The highest BCUT2D eigenvalue weighted by Crippen LogP contribution is 2.32. The summed E-state index contributed by atoms with van der Waals surface area (Å²) in [5, 5.41) is 2.95. The second-order valence-electron chi connectivity index (χ2n) is 5.78. The SMILES string of the molecule is C[C@@H](NC(=O)CSCc1ccccc1F)c1ccc2c(c1)OCCO2. The molecule has 6 heteroatoms. The summed E-state index contributed by atoms with van der Waals surface area (Å²) in [6.07, 6.45) is 0. The van der Waals surface area contributed by atoms with Crippen molar-refractivity contribution >= 4 is 17.7 Å². The Balaban J connectivity index is 1.50. The van der Waals surface area contributed by atoms with Crippen molar-refractivity contribution in [2.24, 2.45) is 0 Å². The van der Waals surface area contributed by atoms with Crippen LogP contribution in [0.3, 0.4) is 0 Å². The van der Waals surface area contributed by atoms with Crippen molar-refractivity contribution in [3.63, 3.8) is 0 Å². The summed E-state index contributed by atoms with van der Waals surface area (Å²) in [5.41, 5.74) is 1.57. The van der Waals surface area contributed by atoms with Crippen LogP contribution in [-0.2, 0) is 10.5 Å². The second-order valence-corrected chi connectivity index (χ2v) is 6.76. The van der Waals surface area contributed by atoms with Crippen LogP contribution in [0.2, 0.25) is 0 Å². The first-order valence-corrected chi connectivity index (χ1v) is 9.29. The van der Waals surface area contributed by atoms with Gasteiger partial charge in [-0.25, -0.2) is 4.39 Å². The number of fused-ring (bicyclic) bond motifs is 1. The fraction of sp³-hybridized carbons (Fsp3) is 0.316. The Hall–Kier alpha value is -2.21. The molecule has 2 aromatic carbocycles. The molecule has 0 saturated heterocycles. The molecule has 1 heterocycles. The van der Waals surface area contributed by atoms with Gasteiger partial charge in [0.15, 0.2) is 11.5 Å². The highest BCUT2D eigenvalue weighted by Gasteiger charge is 2.16. The van der Waals surface area contributed by atoms with E-state index < -0.39 is 0 Å². The van der Waals surface area contributed by atoms with Crippen LogP contribution in [0.25, 0.3) is 0 Å². The van der Waals surface area contributed by atoms with Gasteiger partial charge in [0.25, 0.3) is 0 Å². The van der Waals surface area contributed by atoms with Gasteiger partial charge in [0.05, 0.1) is 11.8 Å². The summed E-state index contributed by atoms with van der Waals surface area (Å²) in [5.74, 6) is 1.87. The van der Waals surface area contributed by atoms with E-state index in [0.29, 0.717) is 30.3 Å². The zero-order valence-corrected chi connectivity index (χ0v) is 14.8. The van der Waals surface area contributed by atoms with Crippen LogP contribution in [0.5, 0.6) is 11.5 Å². The zero-order valence-electron chi connectivity index (χ0n) is 14.0. The Morgan fingerprint density at radius 3 is 2.76 bits per heavy atom. The molecule has 0 saturated carbocycles. The number of thioether (sulfide) groups is 1. The van der Waals surface area contributed by atoms with Crippen LogP contribution < -0.4 is 14.8 Å². The van der Waals surface area contributed by atoms with Gasteiger partial charge in [-0.05, 0) is 36.2 Å². The Kier molecular flexibility index (Phi) is 5.81. The van der Waals surface area contributed by atoms with E-state index in [1.165, 1.54) is 17.8 Å². The van der Waals surface area contributed by atoms with E-state index in [0.717, 1.165) is 11.3 Å². The molecule has 0 aromatic heterocycles. The molecule has 0 aliphatic carbocycles. The predicted octanol–water partition coefficient (Wildman–Crippen LogP) is 3.71. The predicted molar refractivity (Wildman–Crippen MR) is 96.6 cm³/mol. The molecular weight excluding hydrogens is 341 g/mol. The number of rotatable bonds is 6. The lowest BCUT2D eigenvalue weighted by Crippen LogP contribution is -2.28. The summed E-state index contributed by atoms with van der Waals surface area (Å²) in [7, 11) is 0. The van der Waals surface area contributed by atoms with Crippen molar-refractivity contribution in [1.82, 2.24) is 5.32 Å². The molecule has 0 fully saturated rings. The number of hydrogen-bond acceptors (Lipinski definition) is 4. The molecule has 0 radical (unpaired) electrons. The van der Waals surface area contributed by atoms with Crippen LogP contribution >= 0.6 is 11.8 Å². The van der Waals surface area contributed by atoms with Gasteiger partial charge in [-0.2, -0.15) is 0 Å². The monoisotopic (exact) mass is 361 g/mol. The van der Waals surface area contributed by atoms with Gasteiger partial charge in [-0.15, -0.1) is 11.8 Å². The van der Waals surface area contributed by atoms with Crippen molar-refractivity contribution in [2.75, 3.05) is 19.0 Å². The first-order chi connectivity index (χ1) is 12.1. The molecule has 1 amide bonds. The summed E-state index contributed by atoms with van der Waals surface area (Å²) in [6.45, 7) is 3.01. The maximum Gasteiger partial charge on any atom is 0.230 e. The quantitative estimate of drug-likeness (QED) is 0.852. The topological polar surface area (TPSA) is 47.6 Å². The number of hydrogen-bond donors (Lipinski definition) is 1. The van der Waals surface area contributed by atoms with Crippen LogP contribution in [0.1, 0.15) is 24.1 Å². The lowest BCUT2D eigenvalue weighted by atomic mass is 10.1. The van der Waals surface area contributed by atoms with E-state index in [4.69, 9.17) is 9.47 Å². The van der Waals surface area contributed by atoms with E-state index in [1.807, 2.05) is 25.1 Å². The Morgan fingerprint density at radius 1 is 1.20 bits per heavy atom. The van der Waals surface area contributed by atoms with E-state index >= 15 is 0 Å². The molecule has 132 valence electrons. The van der Waals surface area contributed by atoms with Crippen molar-refractivity contribution in [2.45, 2.75) is 18.7 Å². The second kappa shape index (κ2) is 8.25. The molecule has 1 aliphatic heterocycles. The van der Waals surface area contributed by atoms with E-state index in [-0.39, 0.29) is 23.5 Å². The fourth-order valence-corrected chi connectivity index (χ4v) is 3.39. The van der Waals surface area contributed by atoms with Gasteiger partial charge in [0.2, 0.25) is 5.91 Å². The van der Waals surface area contributed by atoms with Gasteiger partial charge < -0.3 is 14.8 Å². The van der Waals surface area contributed by atoms with E-state index in [9.17, 15) is 9.18 Å². The highest BCUT2D eigenvalue weighted by molar-refractivity contribution is 7.99. The van der Waals surface area contributed by atoms with E-state index in [2.05, 4.69) is 5.32 Å². The van der Waals surface area contributed by atoms with Crippen LogP contribution in [-0.4, -0.2) is 24.9 Å². The molecule has 0 unspecified atom stereocenters. The number of nitrogens with one attached hydrogen (secondary N) is 1. The van der Waals surface area contributed by atoms with Gasteiger partial charge in [0.1, 0.15) is 19.0 Å². The highest BCUT2D eigenvalue weighted by atomic mass is 32.2. The molecular formula is C19H20FNO3S. The van der Waals surface area contributed by atoms with Gasteiger partial charge in [-0.3, -0.25) is 4.79 Å². The van der Waals surface area contributed by atoms with Crippen molar-refractivity contribution < 1.29 is 18.7 Å². The molecule has 25 heavy (non-hydrogen) atoms. The summed E-state index contributed by atoms with van der Waals surface area (Å²) in [6, 6.07) is 12.2. The minimum atomic E-state index is -0.236. The van der Waals surface area contributed by atoms with Crippen molar-refractivity contribution in [3.05, 3.63) is 59.4 Å². The minimum Gasteiger partial charge on any atom is -0.486 e. The number of ether oxygens (including phenoxy) is 2. The first-order valence-electron chi connectivity index (χ1n) is 8.13. The summed E-state index contributed by atoms with van der Waals surface area (Å²) >= 11 is 1.39. The fourth-order valence-electron chi connectivity index (χ4n) is 2.56. The Labute approximate surface area is 150 Å². The normalized spacial score (nSPS) is 14.0. The zero-order chi connectivity index (χ0) is 17.6. The molecule has 2 aromatic rings. The van der Waals surface area contributed by atoms with E-state index in [1.54, 1.807) is 18.2 Å². The van der Waals surface area contributed by atoms with Gasteiger partial charge in [0, 0.05) is 5.75 Å². The van der Waals surface area contributed by atoms with Gasteiger partial charge in [-0.1, -0.05) is 24.3 Å². The molecule has 0 spiro atoms.